The van der Waals surface area contributed by atoms with Crippen molar-refractivity contribution in [2.75, 3.05) is 17.3 Å². The third-order valence-corrected chi connectivity index (χ3v) is 3.42. The van der Waals surface area contributed by atoms with Crippen LogP contribution in [-0.4, -0.2) is 23.0 Å². The van der Waals surface area contributed by atoms with Gasteiger partial charge in [0.2, 0.25) is 0 Å². The normalized spacial score (nSPS) is 12.2. The molecule has 5 heteroatoms. The van der Waals surface area contributed by atoms with Gasteiger partial charge in [-0.05, 0) is 30.9 Å². The second kappa shape index (κ2) is 6.81. The van der Waals surface area contributed by atoms with E-state index in [2.05, 4.69) is 18.5 Å². The molecular formula is C12H17FN2S2. The van der Waals surface area contributed by atoms with Gasteiger partial charge in [-0.1, -0.05) is 19.1 Å². The minimum absolute atomic E-state index is 0.0882. The van der Waals surface area contributed by atoms with Gasteiger partial charge in [0.15, 0.2) is 0 Å². The lowest BCUT2D eigenvalue weighted by molar-refractivity contribution is 0.625. The van der Waals surface area contributed by atoms with Crippen LogP contribution in [-0.2, 0) is 0 Å². The lowest BCUT2D eigenvalue weighted by atomic mass is 10.1. The van der Waals surface area contributed by atoms with Gasteiger partial charge in [0.1, 0.15) is 10.8 Å². The molecule has 0 saturated carbocycles. The Morgan fingerprint density at radius 3 is 2.76 bits per heavy atom. The highest BCUT2D eigenvalue weighted by atomic mass is 32.2. The fraction of sp³-hybridized carbons (Fsp3) is 0.417. The zero-order valence-corrected chi connectivity index (χ0v) is 11.6. The predicted octanol–water partition coefficient (Wildman–Crippen LogP) is 3.01. The summed E-state index contributed by atoms with van der Waals surface area (Å²) in [6.07, 6.45) is 3.06. The molecule has 0 aromatic heterocycles. The van der Waals surface area contributed by atoms with E-state index in [0.717, 1.165) is 17.9 Å². The third-order valence-electron chi connectivity index (χ3n) is 2.47. The van der Waals surface area contributed by atoms with Crippen LogP contribution in [0, 0.1) is 5.82 Å². The number of thiocarbonyl (C=S) groups is 1. The summed E-state index contributed by atoms with van der Waals surface area (Å²) in [4.78, 5) is 0.0882. The van der Waals surface area contributed by atoms with Gasteiger partial charge in [-0.2, -0.15) is 11.8 Å². The van der Waals surface area contributed by atoms with Crippen molar-refractivity contribution in [1.29, 1.82) is 0 Å². The second-order valence-electron chi connectivity index (χ2n) is 3.76. The Balaban J connectivity index is 2.79. The number of hydrogen-bond acceptors (Lipinski definition) is 3. The Kier molecular flexibility index (Phi) is 5.71. The van der Waals surface area contributed by atoms with Crippen LogP contribution in [0.4, 0.5) is 10.1 Å². The van der Waals surface area contributed by atoms with Gasteiger partial charge in [0, 0.05) is 23.0 Å². The largest absolute Gasteiger partial charge is 0.389 e. The molecule has 0 amide bonds. The highest BCUT2D eigenvalue weighted by Gasteiger charge is 2.09. The van der Waals surface area contributed by atoms with Crippen molar-refractivity contribution in [3.8, 4) is 0 Å². The van der Waals surface area contributed by atoms with E-state index < -0.39 is 0 Å². The van der Waals surface area contributed by atoms with Crippen molar-refractivity contribution in [1.82, 2.24) is 0 Å². The van der Waals surface area contributed by atoms with E-state index in [1.165, 1.54) is 6.07 Å². The summed E-state index contributed by atoms with van der Waals surface area (Å²) < 4.78 is 13.6. The van der Waals surface area contributed by atoms with Gasteiger partial charge in [-0.25, -0.2) is 4.39 Å². The summed E-state index contributed by atoms with van der Waals surface area (Å²) >= 11 is 6.53. The molecule has 3 N–H and O–H groups in total. The fourth-order valence-electron chi connectivity index (χ4n) is 1.50. The van der Waals surface area contributed by atoms with Crippen molar-refractivity contribution in [2.24, 2.45) is 5.73 Å². The van der Waals surface area contributed by atoms with Gasteiger partial charge >= 0.3 is 0 Å². The van der Waals surface area contributed by atoms with Crippen molar-refractivity contribution >= 4 is 34.7 Å². The summed E-state index contributed by atoms with van der Waals surface area (Å²) in [6.45, 7) is 2.10. The van der Waals surface area contributed by atoms with E-state index in [0.29, 0.717) is 11.6 Å². The number of halogens is 1. The molecule has 0 aliphatic heterocycles. The molecule has 1 aromatic carbocycles. The van der Waals surface area contributed by atoms with Crippen LogP contribution in [0.15, 0.2) is 18.2 Å². The first-order chi connectivity index (χ1) is 8.08. The summed E-state index contributed by atoms with van der Waals surface area (Å²) in [5.41, 5.74) is 6.47. The van der Waals surface area contributed by atoms with E-state index in [-0.39, 0.29) is 10.8 Å². The Hall–Kier alpha value is -0.810. The van der Waals surface area contributed by atoms with E-state index in [1.807, 2.05) is 0 Å². The lowest BCUT2D eigenvalue weighted by Gasteiger charge is -2.17. The van der Waals surface area contributed by atoms with Gasteiger partial charge < -0.3 is 11.1 Å². The van der Waals surface area contributed by atoms with E-state index in [4.69, 9.17) is 18.0 Å². The maximum atomic E-state index is 13.6. The monoisotopic (exact) mass is 272 g/mol. The fourth-order valence-corrected chi connectivity index (χ4v) is 2.39. The first kappa shape index (κ1) is 14.3. The van der Waals surface area contributed by atoms with Crippen LogP contribution in [0.3, 0.4) is 0 Å². The maximum Gasteiger partial charge on any atom is 0.135 e. The number of nitrogens with two attached hydrogens (primary N) is 1. The topological polar surface area (TPSA) is 38.0 Å². The molecule has 2 nitrogen and oxygen atoms in total. The zero-order chi connectivity index (χ0) is 12.8. The third kappa shape index (κ3) is 4.16. The Labute approximate surface area is 111 Å². The first-order valence-corrected chi connectivity index (χ1v) is 7.23. The number of nitrogens with one attached hydrogen (secondary N) is 1. The van der Waals surface area contributed by atoms with Gasteiger partial charge in [0.25, 0.3) is 0 Å². The number of hydrogen-bond donors (Lipinski definition) is 2. The summed E-state index contributed by atoms with van der Waals surface area (Å²) in [6, 6.07) is 5.21. The quantitative estimate of drug-likeness (QED) is 0.781. The van der Waals surface area contributed by atoms with Gasteiger partial charge in [-0.15, -0.1) is 0 Å². The molecule has 1 rings (SSSR count). The summed E-state index contributed by atoms with van der Waals surface area (Å²) in [5, 5.41) is 3.29. The van der Waals surface area contributed by atoms with Crippen molar-refractivity contribution < 1.29 is 4.39 Å². The Morgan fingerprint density at radius 1 is 1.59 bits per heavy atom. The molecule has 0 heterocycles. The Bertz CT molecular complexity index is 396. The number of anilines is 1. The molecule has 1 aromatic rings. The zero-order valence-electron chi connectivity index (χ0n) is 10.00. The average molecular weight is 272 g/mol. The van der Waals surface area contributed by atoms with Crippen molar-refractivity contribution in [3.63, 3.8) is 0 Å². The number of benzene rings is 1. The first-order valence-electron chi connectivity index (χ1n) is 5.43. The second-order valence-corrected chi connectivity index (χ2v) is 5.11. The van der Waals surface area contributed by atoms with Crippen LogP contribution in [0.5, 0.6) is 0 Å². The van der Waals surface area contributed by atoms with Crippen LogP contribution in [0.2, 0.25) is 0 Å². The minimum Gasteiger partial charge on any atom is -0.389 e. The molecule has 0 aliphatic rings. The summed E-state index contributed by atoms with van der Waals surface area (Å²) in [5.74, 6) is 0.622. The predicted molar refractivity (Wildman–Crippen MR) is 78.4 cm³/mol. The molecule has 0 aliphatic carbocycles. The van der Waals surface area contributed by atoms with Crippen LogP contribution < -0.4 is 11.1 Å². The van der Waals surface area contributed by atoms with Crippen LogP contribution >= 0.6 is 24.0 Å². The molecule has 1 atom stereocenters. The molecule has 0 spiro atoms. The molecule has 94 valence electrons. The highest BCUT2D eigenvalue weighted by Crippen LogP contribution is 2.17. The number of rotatable bonds is 6. The standard InChI is InChI=1S/C12H17FN2S2/c1-3-8(7-17-2)15-9-4-5-10(12(14)16)11(13)6-9/h4-6,8,15H,3,7H2,1-2H3,(H2,14,16). The van der Waals surface area contributed by atoms with Crippen molar-refractivity contribution in [3.05, 3.63) is 29.6 Å². The lowest BCUT2D eigenvalue weighted by Crippen LogP contribution is -2.21. The smallest absolute Gasteiger partial charge is 0.135 e. The minimum atomic E-state index is -0.374. The summed E-state index contributed by atoms with van der Waals surface area (Å²) in [7, 11) is 0. The van der Waals surface area contributed by atoms with E-state index in [9.17, 15) is 4.39 Å². The Morgan fingerprint density at radius 2 is 2.29 bits per heavy atom. The maximum absolute atomic E-state index is 13.6. The molecule has 0 bridgehead atoms. The average Bonchev–Trinajstić information content (AvgIpc) is 2.28. The molecule has 0 radical (unpaired) electrons. The van der Waals surface area contributed by atoms with Crippen molar-refractivity contribution in [2.45, 2.75) is 19.4 Å². The van der Waals surface area contributed by atoms with E-state index >= 15 is 0 Å². The van der Waals surface area contributed by atoms with Crippen LogP contribution in [0.25, 0.3) is 0 Å². The molecule has 17 heavy (non-hydrogen) atoms. The molecule has 0 fully saturated rings. The molecule has 1 unspecified atom stereocenters. The molecular weight excluding hydrogens is 255 g/mol. The molecule has 0 saturated heterocycles. The highest BCUT2D eigenvalue weighted by molar-refractivity contribution is 7.98. The van der Waals surface area contributed by atoms with Crippen LogP contribution in [0.1, 0.15) is 18.9 Å². The van der Waals surface area contributed by atoms with E-state index in [1.54, 1.807) is 23.9 Å². The SMILES string of the molecule is CCC(CSC)Nc1ccc(C(N)=S)c(F)c1. The van der Waals surface area contributed by atoms with Gasteiger partial charge in [-0.3, -0.25) is 0 Å². The number of thioether (sulfide) groups is 1. The van der Waals surface area contributed by atoms with Gasteiger partial charge in [0.05, 0.1) is 0 Å².